The summed E-state index contributed by atoms with van der Waals surface area (Å²) in [6.07, 6.45) is 2.04. The van der Waals surface area contributed by atoms with Crippen LogP contribution in [-0.4, -0.2) is 25.9 Å². The van der Waals surface area contributed by atoms with Gasteiger partial charge in [0.25, 0.3) is 0 Å². The molecule has 3 heteroatoms. The van der Waals surface area contributed by atoms with Crippen LogP contribution in [0.25, 0.3) is 0 Å². The van der Waals surface area contributed by atoms with Crippen molar-refractivity contribution >= 4 is 0 Å². The lowest BCUT2D eigenvalue weighted by Gasteiger charge is -2.17. The fraction of sp³-hybridized carbons (Fsp3) is 0.538. The SMILES string of the molecule is COc1ccc(CCC2(F)CCNC2)cc1. The number of hydrogen-bond donors (Lipinski definition) is 1. The van der Waals surface area contributed by atoms with E-state index in [9.17, 15) is 4.39 Å². The van der Waals surface area contributed by atoms with Crippen molar-refractivity contribution in [2.45, 2.75) is 24.9 Å². The van der Waals surface area contributed by atoms with Gasteiger partial charge >= 0.3 is 0 Å². The van der Waals surface area contributed by atoms with Gasteiger partial charge in [-0.2, -0.15) is 0 Å². The van der Waals surface area contributed by atoms with Crippen LogP contribution in [0.15, 0.2) is 24.3 Å². The maximum atomic E-state index is 14.1. The average molecular weight is 223 g/mol. The van der Waals surface area contributed by atoms with Crippen molar-refractivity contribution in [3.8, 4) is 5.75 Å². The lowest BCUT2D eigenvalue weighted by atomic mass is 9.96. The zero-order valence-electron chi connectivity index (χ0n) is 9.63. The summed E-state index contributed by atoms with van der Waals surface area (Å²) in [5.74, 6) is 0.848. The van der Waals surface area contributed by atoms with E-state index < -0.39 is 5.67 Å². The van der Waals surface area contributed by atoms with E-state index in [1.807, 2.05) is 24.3 Å². The zero-order chi connectivity index (χ0) is 11.4. The Bertz CT molecular complexity index is 330. The van der Waals surface area contributed by atoms with Crippen LogP contribution in [0, 0.1) is 0 Å². The number of aryl methyl sites for hydroxylation is 1. The average Bonchev–Trinajstić information content (AvgIpc) is 2.75. The van der Waals surface area contributed by atoms with E-state index >= 15 is 0 Å². The number of alkyl halides is 1. The second-order valence-corrected chi connectivity index (χ2v) is 4.43. The van der Waals surface area contributed by atoms with Crippen LogP contribution in [0.4, 0.5) is 4.39 Å². The molecule has 1 saturated heterocycles. The lowest BCUT2D eigenvalue weighted by Crippen LogP contribution is -2.26. The van der Waals surface area contributed by atoms with Crippen molar-refractivity contribution in [1.29, 1.82) is 0 Å². The molecule has 88 valence electrons. The number of halogens is 1. The number of nitrogens with one attached hydrogen (secondary N) is 1. The van der Waals surface area contributed by atoms with Crippen LogP contribution in [-0.2, 0) is 6.42 Å². The Labute approximate surface area is 95.8 Å². The molecule has 1 aromatic rings. The first kappa shape index (κ1) is 11.4. The second kappa shape index (κ2) is 4.83. The third-order valence-corrected chi connectivity index (χ3v) is 3.21. The fourth-order valence-electron chi connectivity index (χ4n) is 2.09. The van der Waals surface area contributed by atoms with Crippen molar-refractivity contribution in [2.24, 2.45) is 0 Å². The molecule has 1 atom stereocenters. The van der Waals surface area contributed by atoms with Gasteiger partial charge in [0.1, 0.15) is 11.4 Å². The van der Waals surface area contributed by atoms with E-state index in [1.165, 1.54) is 5.56 Å². The van der Waals surface area contributed by atoms with E-state index in [1.54, 1.807) is 7.11 Å². The van der Waals surface area contributed by atoms with E-state index in [2.05, 4.69) is 5.32 Å². The van der Waals surface area contributed by atoms with Crippen LogP contribution >= 0.6 is 0 Å². The monoisotopic (exact) mass is 223 g/mol. The molecule has 1 aliphatic rings. The highest BCUT2D eigenvalue weighted by molar-refractivity contribution is 5.27. The lowest BCUT2D eigenvalue weighted by molar-refractivity contribution is 0.176. The summed E-state index contributed by atoms with van der Waals surface area (Å²) in [6.45, 7) is 1.31. The molecule has 0 aromatic heterocycles. The van der Waals surface area contributed by atoms with Crippen molar-refractivity contribution in [2.75, 3.05) is 20.2 Å². The van der Waals surface area contributed by atoms with Gasteiger partial charge in [-0.05, 0) is 43.5 Å². The minimum absolute atomic E-state index is 0.503. The summed E-state index contributed by atoms with van der Waals surface area (Å²) in [6, 6.07) is 7.86. The highest BCUT2D eigenvalue weighted by Crippen LogP contribution is 2.26. The van der Waals surface area contributed by atoms with Gasteiger partial charge in [-0.3, -0.25) is 0 Å². The minimum atomic E-state index is -1.00. The van der Waals surface area contributed by atoms with Gasteiger partial charge in [-0.15, -0.1) is 0 Å². The van der Waals surface area contributed by atoms with Crippen molar-refractivity contribution in [1.82, 2.24) is 5.32 Å². The van der Waals surface area contributed by atoms with Crippen molar-refractivity contribution in [3.05, 3.63) is 29.8 Å². The molecule has 1 aromatic carbocycles. The Morgan fingerprint density at radius 2 is 2.12 bits per heavy atom. The van der Waals surface area contributed by atoms with Crippen LogP contribution in [0.1, 0.15) is 18.4 Å². The van der Waals surface area contributed by atoms with Crippen LogP contribution in [0.5, 0.6) is 5.75 Å². The molecule has 1 heterocycles. The number of ether oxygens (including phenoxy) is 1. The van der Waals surface area contributed by atoms with Crippen LogP contribution in [0.2, 0.25) is 0 Å². The summed E-state index contributed by atoms with van der Waals surface area (Å²) >= 11 is 0. The molecule has 2 rings (SSSR count). The molecule has 0 amide bonds. The molecule has 1 N–H and O–H groups in total. The zero-order valence-corrected chi connectivity index (χ0v) is 9.63. The molecule has 0 radical (unpaired) electrons. The molecule has 16 heavy (non-hydrogen) atoms. The Morgan fingerprint density at radius 1 is 1.38 bits per heavy atom. The van der Waals surface area contributed by atoms with E-state index in [4.69, 9.17) is 4.74 Å². The topological polar surface area (TPSA) is 21.3 Å². The summed E-state index contributed by atoms with van der Waals surface area (Å²) in [4.78, 5) is 0. The quantitative estimate of drug-likeness (QED) is 0.846. The molecular formula is C13H18FNO. The van der Waals surface area contributed by atoms with Gasteiger partial charge in [0, 0.05) is 6.54 Å². The number of hydrogen-bond acceptors (Lipinski definition) is 2. The van der Waals surface area contributed by atoms with Gasteiger partial charge < -0.3 is 10.1 Å². The Kier molecular flexibility index (Phi) is 3.44. The normalized spacial score (nSPS) is 24.6. The van der Waals surface area contributed by atoms with Gasteiger partial charge in [-0.1, -0.05) is 12.1 Å². The molecule has 1 unspecified atom stereocenters. The Morgan fingerprint density at radius 3 is 2.69 bits per heavy atom. The Hall–Kier alpha value is -1.09. The smallest absolute Gasteiger partial charge is 0.124 e. The molecule has 1 fully saturated rings. The molecule has 1 aliphatic heterocycles. The molecule has 0 spiro atoms. The second-order valence-electron chi connectivity index (χ2n) is 4.43. The number of benzene rings is 1. The maximum Gasteiger partial charge on any atom is 0.124 e. The number of rotatable bonds is 4. The van der Waals surface area contributed by atoms with E-state index in [0.717, 1.165) is 18.7 Å². The largest absolute Gasteiger partial charge is 0.497 e. The van der Waals surface area contributed by atoms with E-state index in [0.29, 0.717) is 19.4 Å². The minimum Gasteiger partial charge on any atom is -0.497 e. The van der Waals surface area contributed by atoms with Crippen molar-refractivity contribution in [3.63, 3.8) is 0 Å². The first-order valence-corrected chi connectivity index (χ1v) is 5.74. The Balaban J connectivity index is 1.89. The third kappa shape index (κ3) is 2.73. The standard InChI is InChI=1S/C13H18FNO/c1-16-12-4-2-11(3-5-12)6-7-13(14)8-9-15-10-13/h2-5,15H,6-10H2,1H3. The van der Waals surface area contributed by atoms with Gasteiger partial charge in [-0.25, -0.2) is 4.39 Å². The van der Waals surface area contributed by atoms with Crippen LogP contribution < -0.4 is 10.1 Å². The first-order chi connectivity index (χ1) is 7.72. The van der Waals surface area contributed by atoms with Gasteiger partial charge in [0.15, 0.2) is 0 Å². The summed E-state index contributed by atoms with van der Waals surface area (Å²) < 4.78 is 19.1. The molecule has 0 saturated carbocycles. The molecule has 0 bridgehead atoms. The van der Waals surface area contributed by atoms with Gasteiger partial charge in [0.05, 0.1) is 7.11 Å². The summed E-state index contributed by atoms with van der Waals surface area (Å²) in [5.41, 5.74) is 0.171. The predicted octanol–water partition coefficient (Wildman–Crippen LogP) is 2.33. The highest BCUT2D eigenvalue weighted by Gasteiger charge is 2.32. The summed E-state index contributed by atoms with van der Waals surface area (Å²) in [7, 11) is 1.65. The predicted molar refractivity (Wildman–Crippen MR) is 62.6 cm³/mol. The van der Waals surface area contributed by atoms with Gasteiger partial charge in [0.2, 0.25) is 0 Å². The molecular weight excluding hydrogens is 205 g/mol. The van der Waals surface area contributed by atoms with Crippen molar-refractivity contribution < 1.29 is 9.13 Å². The molecule has 0 aliphatic carbocycles. The van der Waals surface area contributed by atoms with E-state index in [-0.39, 0.29) is 0 Å². The number of methoxy groups -OCH3 is 1. The summed E-state index contributed by atoms with van der Waals surface area (Å²) in [5, 5.41) is 3.07. The van der Waals surface area contributed by atoms with Crippen LogP contribution in [0.3, 0.4) is 0 Å². The molecule has 2 nitrogen and oxygen atoms in total. The first-order valence-electron chi connectivity index (χ1n) is 5.74. The third-order valence-electron chi connectivity index (χ3n) is 3.21. The maximum absolute atomic E-state index is 14.1. The fourth-order valence-corrected chi connectivity index (χ4v) is 2.09. The highest BCUT2D eigenvalue weighted by atomic mass is 19.1.